The number of pyridine rings is 4. The average molecular weight is 526 g/mol. The first-order valence-electron chi connectivity index (χ1n) is 13.5. The summed E-state index contributed by atoms with van der Waals surface area (Å²) in [5.41, 5.74) is 8.21. The van der Waals surface area contributed by atoms with E-state index >= 15 is 0 Å². The molecule has 0 aliphatic heterocycles. The van der Waals surface area contributed by atoms with E-state index in [9.17, 15) is 0 Å². The van der Waals surface area contributed by atoms with Crippen molar-refractivity contribution in [1.82, 2.24) is 24.5 Å². The number of aromatic nitrogens is 5. The van der Waals surface area contributed by atoms with Crippen molar-refractivity contribution in [1.29, 1.82) is 0 Å². The molecule has 192 valence electrons. The molecule has 8 aromatic rings. The van der Waals surface area contributed by atoms with Gasteiger partial charge in [-0.1, -0.05) is 60.7 Å². The normalized spacial score (nSPS) is 11.4. The van der Waals surface area contributed by atoms with Crippen molar-refractivity contribution in [2.24, 2.45) is 0 Å². The molecule has 0 atom stereocenters. The highest BCUT2D eigenvalue weighted by Gasteiger charge is 2.14. The van der Waals surface area contributed by atoms with Gasteiger partial charge >= 0.3 is 0 Å². The van der Waals surface area contributed by atoms with Crippen LogP contribution >= 0.6 is 0 Å². The van der Waals surface area contributed by atoms with E-state index in [1.807, 2.05) is 36.8 Å². The molecule has 0 saturated heterocycles. The molecule has 3 aromatic carbocycles. The third-order valence-electron chi connectivity index (χ3n) is 7.65. The molecule has 5 aromatic heterocycles. The Morgan fingerprint density at radius 2 is 1.24 bits per heavy atom. The number of fused-ring (bicyclic) bond motifs is 4. The molecule has 5 heterocycles. The maximum atomic E-state index is 5.12. The van der Waals surface area contributed by atoms with Gasteiger partial charge in [0.2, 0.25) is 0 Å². The minimum absolute atomic E-state index is 0.865. The zero-order valence-electron chi connectivity index (χ0n) is 22.0. The van der Waals surface area contributed by atoms with Gasteiger partial charge in [0, 0.05) is 58.4 Å². The molecule has 0 bridgehead atoms. The molecule has 0 N–H and O–H groups in total. The Kier molecular flexibility index (Phi) is 5.38. The van der Waals surface area contributed by atoms with Gasteiger partial charge < -0.3 is 0 Å². The van der Waals surface area contributed by atoms with Crippen molar-refractivity contribution in [3.05, 3.63) is 140 Å². The topological polar surface area (TPSA) is 56.5 Å². The largest absolute Gasteiger partial charge is 0.294 e. The third kappa shape index (κ3) is 3.95. The Bertz CT molecular complexity index is 2140. The van der Waals surface area contributed by atoms with Crippen LogP contribution in [0.2, 0.25) is 0 Å². The quantitative estimate of drug-likeness (QED) is 0.231. The van der Waals surface area contributed by atoms with Crippen molar-refractivity contribution in [2.75, 3.05) is 0 Å². The van der Waals surface area contributed by atoms with Gasteiger partial charge in [0.15, 0.2) is 0 Å². The number of nitrogens with zero attached hydrogens (tertiary/aromatic N) is 5. The van der Waals surface area contributed by atoms with E-state index in [4.69, 9.17) is 9.97 Å². The molecule has 0 aliphatic carbocycles. The molecule has 0 spiro atoms. The summed E-state index contributed by atoms with van der Waals surface area (Å²) in [5, 5.41) is 4.65. The zero-order valence-corrected chi connectivity index (χ0v) is 22.0. The molecule has 0 radical (unpaired) electrons. The summed E-state index contributed by atoms with van der Waals surface area (Å²) in [6.07, 6.45) is 9.32. The maximum absolute atomic E-state index is 5.12. The van der Waals surface area contributed by atoms with E-state index in [2.05, 4.69) is 106 Å². The summed E-state index contributed by atoms with van der Waals surface area (Å²) in [5.74, 6) is 0.865. The van der Waals surface area contributed by atoms with Crippen molar-refractivity contribution in [2.45, 2.75) is 0 Å². The Morgan fingerprint density at radius 3 is 2.12 bits per heavy atom. The molecule has 0 saturated carbocycles. The first-order chi connectivity index (χ1) is 20.3. The fraction of sp³-hybridized carbons (Fsp3) is 0. The minimum atomic E-state index is 0.865. The Morgan fingerprint density at radius 1 is 0.488 bits per heavy atom. The first kappa shape index (κ1) is 23.2. The summed E-state index contributed by atoms with van der Waals surface area (Å²) in [6, 6.07) is 37.8. The number of para-hydroxylation sites is 1. The fourth-order valence-electron chi connectivity index (χ4n) is 5.71. The van der Waals surface area contributed by atoms with Gasteiger partial charge in [-0.3, -0.25) is 14.5 Å². The van der Waals surface area contributed by atoms with E-state index in [0.29, 0.717) is 0 Å². The van der Waals surface area contributed by atoms with Crippen LogP contribution in [0.4, 0.5) is 0 Å². The number of hydrogen-bond donors (Lipinski definition) is 0. The second kappa shape index (κ2) is 9.50. The van der Waals surface area contributed by atoms with Gasteiger partial charge in [-0.15, -0.1) is 0 Å². The van der Waals surface area contributed by atoms with Gasteiger partial charge in [0.25, 0.3) is 0 Å². The van der Waals surface area contributed by atoms with Crippen molar-refractivity contribution in [3.8, 4) is 39.5 Å². The lowest BCUT2D eigenvalue weighted by Gasteiger charge is -2.13. The van der Waals surface area contributed by atoms with Crippen LogP contribution in [-0.4, -0.2) is 24.5 Å². The van der Waals surface area contributed by atoms with E-state index in [1.54, 1.807) is 12.4 Å². The van der Waals surface area contributed by atoms with Crippen LogP contribution in [0.15, 0.2) is 140 Å². The highest BCUT2D eigenvalue weighted by Crippen LogP contribution is 2.35. The predicted molar refractivity (Wildman–Crippen MR) is 166 cm³/mol. The molecule has 0 aliphatic rings. The lowest BCUT2D eigenvalue weighted by atomic mass is 9.98. The summed E-state index contributed by atoms with van der Waals surface area (Å²) < 4.78 is 2.20. The first-order valence-corrected chi connectivity index (χ1v) is 13.5. The molecule has 0 amide bonds. The average Bonchev–Trinajstić information content (AvgIpc) is 3.39. The SMILES string of the molecule is c1ccc2c(-c3cc(-c4ccc(-n5c6ccccc6c6cnccc65)nc4)cc(-c4ccncc4)n3)cccc2c1. The third-order valence-corrected chi connectivity index (χ3v) is 7.65. The summed E-state index contributed by atoms with van der Waals surface area (Å²) in [4.78, 5) is 18.7. The van der Waals surface area contributed by atoms with Crippen LogP contribution in [-0.2, 0) is 0 Å². The van der Waals surface area contributed by atoms with Crippen LogP contribution in [0.3, 0.4) is 0 Å². The van der Waals surface area contributed by atoms with Crippen molar-refractivity contribution >= 4 is 32.6 Å². The Balaban J connectivity index is 1.29. The lowest BCUT2D eigenvalue weighted by Crippen LogP contribution is -1.97. The number of hydrogen-bond acceptors (Lipinski definition) is 4. The second-order valence-corrected chi connectivity index (χ2v) is 10.0. The van der Waals surface area contributed by atoms with Gasteiger partial charge in [0.1, 0.15) is 5.82 Å². The van der Waals surface area contributed by atoms with E-state index in [1.165, 1.54) is 10.8 Å². The standard InChI is InChI=1S/C36H23N5/c1-2-8-28-24(6-1)7-5-10-29(28)33-21-27(20-32(40-33)25-14-17-37-18-15-25)26-12-13-36(39-22-26)41-34-11-4-3-9-30(34)31-23-38-19-16-35(31)41/h1-23H. The van der Waals surface area contributed by atoms with Gasteiger partial charge in [-0.05, 0) is 64.9 Å². The lowest BCUT2D eigenvalue weighted by molar-refractivity contribution is 1.08. The molecule has 5 nitrogen and oxygen atoms in total. The molecular formula is C36H23N5. The van der Waals surface area contributed by atoms with Gasteiger partial charge in [-0.25, -0.2) is 9.97 Å². The predicted octanol–water partition coefficient (Wildman–Crippen LogP) is 8.52. The minimum Gasteiger partial charge on any atom is -0.294 e. The monoisotopic (exact) mass is 525 g/mol. The Labute approximate surface area is 236 Å². The van der Waals surface area contributed by atoms with E-state index in [-0.39, 0.29) is 0 Å². The molecule has 5 heteroatoms. The maximum Gasteiger partial charge on any atom is 0.137 e. The number of rotatable bonds is 4. The fourth-order valence-corrected chi connectivity index (χ4v) is 5.71. The van der Waals surface area contributed by atoms with Crippen molar-refractivity contribution < 1.29 is 0 Å². The summed E-state index contributed by atoms with van der Waals surface area (Å²) in [6.45, 7) is 0. The highest BCUT2D eigenvalue weighted by atomic mass is 15.1. The molecule has 0 fully saturated rings. The van der Waals surface area contributed by atoms with Crippen LogP contribution in [0.25, 0.3) is 72.0 Å². The van der Waals surface area contributed by atoms with Crippen LogP contribution in [0.5, 0.6) is 0 Å². The van der Waals surface area contributed by atoms with Crippen LogP contribution in [0.1, 0.15) is 0 Å². The highest BCUT2D eigenvalue weighted by molar-refractivity contribution is 6.08. The zero-order chi connectivity index (χ0) is 27.2. The van der Waals surface area contributed by atoms with Gasteiger partial charge in [-0.2, -0.15) is 0 Å². The molecule has 8 rings (SSSR count). The second-order valence-electron chi connectivity index (χ2n) is 10.0. The smallest absolute Gasteiger partial charge is 0.137 e. The molecular weight excluding hydrogens is 502 g/mol. The van der Waals surface area contributed by atoms with E-state index in [0.717, 1.165) is 61.3 Å². The van der Waals surface area contributed by atoms with Gasteiger partial charge in [0.05, 0.1) is 22.4 Å². The summed E-state index contributed by atoms with van der Waals surface area (Å²) >= 11 is 0. The van der Waals surface area contributed by atoms with Crippen LogP contribution in [0, 0.1) is 0 Å². The van der Waals surface area contributed by atoms with E-state index < -0.39 is 0 Å². The number of benzene rings is 3. The van der Waals surface area contributed by atoms with Crippen molar-refractivity contribution in [3.63, 3.8) is 0 Å². The summed E-state index contributed by atoms with van der Waals surface area (Å²) in [7, 11) is 0. The Hall–Kier alpha value is -5.68. The molecule has 41 heavy (non-hydrogen) atoms. The van der Waals surface area contributed by atoms with Crippen LogP contribution < -0.4 is 0 Å². The molecule has 0 unspecified atom stereocenters.